The number of benzene rings is 2. The predicted molar refractivity (Wildman–Crippen MR) is 116 cm³/mol. The Morgan fingerprint density at radius 3 is 1.62 bits per heavy atom. The molecule has 0 saturated heterocycles. The van der Waals surface area contributed by atoms with Gasteiger partial charge in [0.1, 0.15) is 13.2 Å². The molecule has 0 spiro atoms. The standard InChI is InChI=1S/C20H22N2O5.C2H4O2.Mn/c23-19-15-3-1-5-17(19)26-11-9-25-10-12-27-18-6-2-4-16(20(18)24)14-22-8-7-21-13-15;1-2(3)4;/h1-6,13-14,23-24H,7-12H2;1H3,(H,3,4);/q;;+2. The molecule has 1 radical (unpaired) electrons. The van der Waals surface area contributed by atoms with E-state index in [1.54, 1.807) is 48.8 Å². The molecule has 0 atom stereocenters. The number of phenols is 2. The van der Waals surface area contributed by atoms with Crippen LogP contribution < -0.4 is 9.47 Å². The van der Waals surface area contributed by atoms with Crippen molar-refractivity contribution in [2.24, 2.45) is 9.98 Å². The summed E-state index contributed by atoms with van der Waals surface area (Å²) in [4.78, 5) is 17.5. The molecule has 0 fully saturated rings. The maximum absolute atomic E-state index is 10.3. The van der Waals surface area contributed by atoms with Gasteiger partial charge in [-0.05, 0) is 24.3 Å². The number of hydrogen-bond acceptors (Lipinski definition) is 8. The van der Waals surface area contributed by atoms with Crippen molar-refractivity contribution in [1.29, 1.82) is 0 Å². The number of ether oxygens (including phenoxy) is 3. The molecule has 2 aromatic carbocycles. The average molecular weight is 485 g/mol. The number of aliphatic imine (C=N–C) groups is 2. The fourth-order valence-electron chi connectivity index (χ4n) is 2.48. The zero-order valence-electron chi connectivity index (χ0n) is 17.6. The van der Waals surface area contributed by atoms with Crippen molar-refractivity contribution in [2.75, 3.05) is 39.5 Å². The normalized spacial score (nSPS) is 14.0. The molecule has 0 unspecified atom stereocenters. The van der Waals surface area contributed by atoms with Gasteiger partial charge >= 0.3 is 17.1 Å². The maximum Gasteiger partial charge on any atom is 2.00 e. The smallest absolute Gasteiger partial charge is 0.504 e. The van der Waals surface area contributed by atoms with Crippen LogP contribution in [0.2, 0.25) is 0 Å². The van der Waals surface area contributed by atoms with Gasteiger partial charge in [0.2, 0.25) is 0 Å². The molecular formula is C22H26MnN2O7+2. The molecule has 171 valence electrons. The minimum Gasteiger partial charge on any atom is -0.504 e. The van der Waals surface area contributed by atoms with Gasteiger partial charge in [-0.2, -0.15) is 0 Å². The van der Waals surface area contributed by atoms with Crippen LogP contribution in [0.3, 0.4) is 0 Å². The molecule has 3 rings (SSSR count). The minimum absolute atomic E-state index is 0. The summed E-state index contributed by atoms with van der Waals surface area (Å²) in [5.41, 5.74) is 1.16. The monoisotopic (exact) mass is 485 g/mol. The van der Waals surface area contributed by atoms with Crippen molar-refractivity contribution in [1.82, 2.24) is 0 Å². The SMILES string of the molecule is CC(=O)O.Oc1c2cccc1OCCOCCOc1cccc(c1O)C=NCCN=C2.[Mn+2]. The topological polar surface area (TPSA) is 130 Å². The Labute approximate surface area is 196 Å². The predicted octanol–water partition coefficient (Wildman–Crippen LogP) is 2.51. The van der Waals surface area contributed by atoms with Crippen LogP contribution in [-0.2, 0) is 26.6 Å². The number of aromatic hydroxyl groups is 2. The van der Waals surface area contributed by atoms with Crippen LogP contribution in [0.4, 0.5) is 0 Å². The Morgan fingerprint density at radius 1 is 0.812 bits per heavy atom. The third-order valence-electron chi connectivity index (χ3n) is 3.85. The maximum atomic E-state index is 10.3. The first kappa shape index (κ1) is 27.0. The Balaban J connectivity index is 0.000000945. The molecule has 10 heteroatoms. The number of fused-ring (bicyclic) bond motifs is 4. The van der Waals surface area contributed by atoms with Gasteiger partial charge in [-0.1, -0.05) is 12.1 Å². The van der Waals surface area contributed by atoms with Crippen LogP contribution in [0, 0.1) is 0 Å². The first-order valence-corrected chi connectivity index (χ1v) is 9.65. The van der Waals surface area contributed by atoms with E-state index in [1.807, 2.05) is 0 Å². The largest absolute Gasteiger partial charge is 2.00 e. The molecule has 32 heavy (non-hydrogen) atoms. The molecule has 0 aliphatic carbocycles. The van der Waals surface area contributed by atoms with E-state index in [1.165, 1.54) is 0 Å². The van der Waals surface area contributed by atoms with E-state index in [4.69, 9.17) is 24.1 Å². The molecule has 3 N–H and O–H groups in total. The first-order valence-electron chi connectivity index (χ1n) is 9.65. The summed E-state index contributed by atoms with van der Waals surface area (Å²) >= 11 is 0. The van der Waals surface area contributed by atoms with Crippen LogP contribution in [0.25, 0.3) is 0 Å². The molecule has 2 aromatic rings. The van der Waals surface area contributed by atoms with E-state index in [-0.39, 0.29) is 28.6 Å². The first-order chi connectivity index (χ1) is 15.0. The van der Waals surface area contributed by atoms with Gasteiger partial charge in [0.15, 0.2) is 23.0 Å². The number of phenolic OH excluding ortho intramolecular Hbond substituents is 2. The number of hydrogen-bond donors (Lipinski definition) is 3. The van der Waals surface area contributed by atoms with Crippen molar-refractivity contribution < 1.29 is 51.4 Å². The van der Waals surface area contributed by atoms with Crippen LogP contribution in [0.1, 0.15) is 18.1 Å². The van der Waals surface area contributed by atoms with Gasteiger partial charge in [-0.25, -0.2) is 0 Å². The Kier molecular flexibility index (Phi) is 12.5. The Bertz CT molecular complexity index is 848. The van der Waals surface area contributed by atoms with Crippen LogP contribution in [-0.4, -0.2) is 73.2 Å². The molecule has 0 aromatic heterocycles. The van der Waals surface area contributed by atoms with E-state index >= 15 is 0 Å². The van der Waals surface area contributed by atoms with Crippen LogP contribution in [0.5, 0.6) is 23.0 Å². The van der Waals surface area contributed by atoms with E-state index in [0.29, 0.717) is 62.1 Å². The van der Waals surface area contributed by atoms with Crippen molar-refractivity contribution in [3.8, 4) is 23.0 Å². The summed E-state index contributed by atoms with van der Waals surface area (Å²) in [6, 6.07) is 10.5. The number of aliphatic carboxylic acids is 1. The Hall–Kier alpha value is -3.07. The van der Waals surface area contributed by atoms with Crippen LogP contribution in [0.15, 0.2) is 46.4 Å². The van der Waals surface area contributed by atoms with Crippen molar-refractivity contribution in [3.63, 3.8) is 0 Å². The van der Waals surface area contributed by atoms with Crippen molar-refractivity contribution in [3.05, 3.63) is 47.5 Å². The van der Waals surface area contributed by atoms with Gasteiger partial charge in [0.05, 0.1) is 26.3 Å². The summed E-state index contributed by atoms with van der Waals surface area (Å²) in [6.45, 7) is 3.27. The molecule has 0 saturated carbocycles. The quantitative estimate of drug-likeness (QED) is 0.489. The summed E-state index contributed by atoms with van der Waals surface area (Å²) in [7, 11) is 0. The number of carboxylic acids is 1. The molecule has 1 aliphatic heterocycles. The number of carbonyl (C=O) groups is 1. The van der Waals surface area contributed by atoms with E-state index in [9.17, 15) is 10.2 Å². The van der Waals surface area contributed by atoms with Gasteiger partial charge in [0.25, 0.3) is 5.97 Å². The van der Waals surface area contributed by atoms with Gasteiger partial charge in [-0.15, -0.1) is 0 Å². The Morgan fingerprint density at radius 2 is 1.22 bits per heavy atom. The van der Waals surface area contributed by atoms with Crippen molar-refractivity contribution in [2.45, 2.75) is 6.92 Å². The summed E-state index contributed by atoms with van der Waals surface area (Å²) in [6.07, 6.45) is 3.18. The fraction of sp³-hybridized carbons (Fsp3) is 0.318. The van der Waals surface area contributed by atoms with E-state index in [0.717, 1.165) is 6.92 Å². The van der Waals surface area contributed by atoms with Gasteiger partial charge in [0, 0.05) is 30.5 Å². The molecule has 4 bridgehead atoms. The second kappa shape index (κ2) is 14.9. The number of carboxylic acid groups (broad SMARTS) is 1. The summed E-state index contributed by atoms with van der Waals surface area (Å²) in [5, 5.41) is 27.9. The molecular weight excluding hydrogens is 459 g/mol. The molecule has 9 nitrogen and oxygen atoms in total. The summed E-state index contributed by atoms with van der Waals surface area (Å²) in [5.74, 6) is 0.0327. The van der Waals surface area contributed by atoms with Gasteiger partial charge < -0.3 is 29.5 Å². The third kappa shape index (κ3) is 9.38. The minimum atomic E-state index is -0.833. The zero-order chi connectivity index (χ0) is 22.5. The van der Waals surface area contributed by atoms with Crippen molar-refractivity contribution >= 4 is 18.4 Å². The number of rotatable bonds is 0. The second-order valence-electron chi connectivity index (χ2n) is 6.29. The third-order valence-corrected chi connectivity index (χ3v) is 3.85. The van der Waals surface area contributed by atoms with Gasteiger partial charge in [-0.3, -0.25) is 14.8 Å². The number of nitrogens with zero attached hydrogens (tertiary/aromatic N) is 2. The van der Waals surface area contributed by atoms with Crippen LogP contribution >= 0.6 is 0 Å². The van der Waals surface area contributed by atoms with E-state index < -0.39 is 5.97 Å². The molecule has 0 amide bonds. The summed E-state index contributed by atoms with van der Waals surface area (Å²) < 4.78 is 16.6. The fourth-order valence-corrected chi connectivity index (χ4v) is 2.48. The zero-order valence-corrected chi connectivity index (χ0v) is 18.8. The molecule has 1 heterocycles. The average Bonchev–Trinajstić information content (AvgIpc) is 2.73. The molecule has 1 aliphatic rings. The number of para-hydroxylation sites is 2. The van der Waals surface area contributed by atoms with E-state index in [2.05, 4.69) is 9.98 Å². The second-order valence-corrected chi connectivity index (χ2v) is 6.29.